The normalized spacial score (nSPS) is 28.6. The van der Waals surface area contributed by atoms with E-state index in [9.17, 15) is 4.79 Å². The maximum atomic E-state index is 12.4. The average molecular weight is 244 g/mol. The van der Waals surface area contributed by atoms with Crippen molar-refractivity contribution in [1.82, 2.24) is 4.90 Å². The van der Waals surface area contributed by atoms with Gasteiger partial charge in [0.15, 0.2) is 0 Å². The van der Waals surface area contributed by atoms with Crippen LogP contribution < -0.4 is 4.90 Å². The second-order valence-electron chi connectivity index (χ2n) is 5.43. The summed E-state index contributed by atoms with van der Waals surface area (Å²) < 4.78 is 0. The molecule has 0 saturated carbocycles. The van der Waals surface area contributed by atoms with Crippen molar-refractivity contribution in [1.29, 1.82) is 0 Å². The van der Waals surface area contributed by atoms with E-state index < -0.39 is 0 Å². The molecule has 3 heteroatoms. The zero-order valence-corrected chi connectivity index (χ0v) is 11.1. The summed E-state index contributed by atoms with van der Waals surface area (Å²) in [5.74, 6) is 0.255. The molecule has 1 aromatic rings. The van der Waals surface area contributed by atoms with Crippen molar-refractivity contribution in [3.8, 4) is 0 Å². The molecule has 2 heterocycles. The summed E-state index contributed by atoms with van der Waals surface area (Å²) in [6, 6.07) is 8.34. The minimum absolute atomic E-state index is 0.0385. The van der Waals surface area contributed by atoms with Crippen molar-refractivity contribution in [2.45, 2.75) is 45.3 Å². The zero-order chi connectivity index (χ0) is 12.7. The molecule has 0 N–H and O–H groups in total. The Morgan fingerprint density at radius 2 is 1.89 bits per heavy atom. The van der Waals surface area contributed by atoms with Crippen LogP contribution in [0.15, 0.2) is 24.3 Å². The molecule has 0 radical (unpaired) electrons. The third kappa shape index (κ3) is 1.74. The smallest absolute Gasteiger partial charge is 0.245 e. The lowest BCUT2D eigenvalue weighted by Gasteiger charge is -2.34. The first-order valence-corrected chi connectivity index (χ1v) is 6.84. The lowest BCUT2D eigenvalue weighted by atomic mass is 10.1. The maximum Gasteiger partial charge on any atom is 0.245 e. The molecule has 0 unspecified atom stereocenters. The summed E-state index contributed by atoms with van der Waals surface area (Å²) in [5, 5.41) is 0. The third-order valence-electron chi connectivity index (χ3n) is 4.21. The summed E-state index contributed by atoms with van der Waals surface area (Å²) >= 11 is 0. The fourth-order valence-corrected chi connectivity index (χ4v) is 3.16. The molecule has 2 aliphatic heterocycles. The van der Waals surface area contributed by atoms with Gasteiger partial charge in [-0.05, 0) is 45.2 Å². The molecule has 3 rings (SSSR count). The Morgan fingerprint density at radius 3 is 2.61 bits per heavy atom. The van der Waals surface area contributed by atoms with Crippen molar-refractivity contribution in [2.75, 3.05) is 11.4 Å². The molecule has 1 amide bonds. The van der Waals surface area contributed by atoms with Gasteiger partial charge < -0.3 is 0 Å². The number of nitrogens with zero attached hydrogens (tertiary/aromatic N) is 2. The number of benzene rings is 1. The van der Waals surface area contributed by atoms with Crippen LogP contribution in [0.3, 0.4) is 0 Å². The van der Waals surface area contributed by atoms with Gasteiger partial charge in [-0.3, -0.25) is 14.6 Å². The van der Waals surface area contributed by atoms with Crippen molar-refractivity contribution < 1.29 is 4.79 Å². The van der Waals surface area contributed by atoms with Gasteiger partial charge in [0.25, 0.3) is 0 Å². The van der Waals surface area contributed by atoms with Crippen LogP contribution in [0.2, 0.25) is 0 Å². The first kappa shape index (κ1) is 11.7. The standard InChI is InChI=1S/C15H20N2O/c1-11-6-8-13(9-7-11)17-14-5-3-4-10-16(14)12(2)15(17)18/h6-9,12,14H,3-5,10H2,1-2H3/t12-,14-/m0/s1. The predicted octanol–water partition coefficient (Wildman–Crippen LogP) is 2.54. The summed E-state index contributed by atoms with van der Waals surface area (Å²) in [6.07, 6.45) is 3.83. The van der Waals surface area contributed by atoms with E-state index in [2.05, 4.69) is 36.1 Å². The molecular formula is C15H20N2O. The van der Waals surface area contributed by atoms with Gasteiger partial charge in [-0.2, -0.15) is 0 Å². The summed E-state index contributed by atoms with van der Waals surface area (Å²) in [5.41, 5.74) is 2.28. The number of anilines is 1. The second kappa shape index (κ2) is 4.39. The van der Waals surface area contributed by atoms with Crippen LogP contribution >= 0.6 is 0 Å². The number of hydrogen-bond acceptors (Lipinski definition) is 2. The average Bonchev–Trinajstić information content (AvgIpc) is 2.64. The minimum atomic E-state index is 0.0385. The molecule has 96 valence electrons. The largest absolute Gasteiger partial charge is 0.295 e. The van der Waals surface area contributed by atoms with Crippen LogP contribution in [0.4, 0.5) is 5.69 Å². The zero-order valence-electron chi connectivity index (χ0n) is 11.1. The highest BCUT2D eigenvalue weighted by atomic mass is 16.2. The SMILES string of the molecule is Cc1ccc(N2C(=O)[C@H](C)N3CCCC[C@H]23)cc1. The fraction of sp³-hybridized carbons (Fsp3) is 0.533. The van der Waals surface area contributed by atoms with E-state index in [0.29, 0.717) is 0 Å². The van der Waals surface area contributed by atoms with Crippen molar-refractivity contribution in [3.05, 3.63) is 29.8 Å². The molecule has 0 aromatic heterocycles. The quantitative estimate of drug-likeness (QED) is 0.758. The van der Waals surface area contributed by atoms with Crippen LogP contribution in [0.25, 0.3) is 0 Å². The monoisotopic (exact) mass is 244 g/mol. The number of hydrogen-bond donors (Lipinski definition) is 0. The molecule has 0 aliphatic carbocycles. The van der Waals surface area contributed by atoms with Gasteiger partial charge in [0.2, 0.25) is 5.91 Å². The maximum absolute atomic E-state index is 12.4. The van der Waals surface area contributed by atoms with Crippen molar-refractivity contribution in [2.24, 2.45) is 0 Å². The van der Waals surface area contributed by atoms with E-state index >= 15 is 0 Å². The number of carbonyl (C=O) groups is 1. The molecule has 18 heavy (non-hydrogen) atoms. The number of amides is 1. The topological polar surface area (TPSA) is 23.6 Å². The van der Waals surface area contributed by atoms with Gasteiger partial charge in [-0.15, -0.1) is 0 Å². The van der Waals surface area contributed by atoms with Crippen LogP contribution in [0.1, 0.15) is 31.7 Å². The van der Waals surface area contributed by atoms with Crippen molar-refractivity contribution >= 4 is 11.6 Å². The summed E-state index contributed by atoms with van der Waals surface area (Å²) in [4.78, 5) is 16.8. The molecule has 0 bridgehead atoms. The highest BCUT2D eigenvalue weighted by Gasteiger charge is 2.44. The number of carbonyl (C=O) groups excluding carboxylic acids is 1. The summed E-state index contributed by atoms with van der Waals surface area (Å²) in [7, 11) is 0. The van der Waals surface area contributed by atoms with Gasteiger partial charge in [0, 0.05) is 12.2 Å². The molecular weight excluding hydrogens is 224 g/mol. The first-order valence-electron chi connectivity index (χ1n) is 6.84. The molecule has 2 aliphatic rings. The Bertz CT molecular complexity index is 454. The van der Waals surface area contributed by atoms with Gasteiger partial charge in [0.05, 0.1) is 12.2 Å². The van der Waals surface area contributed by atoms with E-state index in [1.165, 1.54) is 18.4 Å². The Morgan fingerprint density at radius 1 is 1.17 bits per heavy atom. The second-order valence-corrected chi connectivity index (χ2v) is 5.43. The molecule has 2 saturated heterocycles. The molecule has 0 spiro atoms. The van der Waals surface area contributed by atoms with Crippen LogP contribution in [-0.4, -0.2) is 29.6 Å². The van der Waals surface area contributed by atoms with E-state index in [4.69, 9.17) is 0 Å². The van der Waals surface area contributed by atoms with Gasteiger partial charge in [-0.25, -0.2) is 0 Å². The number of piperidine rings is 1. The molecule has 2 atom stereocenters. The van der Waals surface area contributed by atoms with Crippen LogP contribution in [0.5, 0.6) is 0 Å². The molecule has 2 fully saturated rings. The van der Waals surface area contributed by atoms with Crippen molar-refractivity contribution in [3.63, 3.8) is 0 Å². The Kier molecular flexibility index (Phi) is 2.86. The Labute approximate surface area is 108 Å². The highest BCUT2D eigenvalue weighted by molar-refractivity contribution is 5.99. The Hall–Kier alpha value is -1.35. The van der Waals surface area contributed by atoms with Crippen LogP contribution in [-0.2, 0) is 4.79 Å². The van der Waals surface area contributed by atoms with E-state index in [0.717, 1.165) is 18.7 Å². The predicted molar refractivity (Wildman–Crippen MR) is 72.5 cm³/mol. The summed E-state index contributed by atoms with van der Waals surface area (Å²) in [6.45, 7) is 5.17. The van der Waals surface area contributed by atoms with Gasteiger partial charge >= 0.3 is 0 Å². The third-order valence-corrected chi connectivity index (χ3v) is 4.21. The molecule has 1 aromatic carbocycles. The number of rotatable bonds is 1. The lowest BCUT2D eigenvalue weighted by Crippen LogP contribution is -2.43. The lowest BCUT2D eigenvalue weighted by molar-refractivity contribution is -0.119. The fourth-order valence-electron chi connectivity index (χ4n) is 3.16. The number of fused-ring (bicyclic) bond motifs is 1. The van der Waals surface area contributed by atoms with E-state index in [1.807, 2.05) is 11.8 Å². The van der Waals surface area contributed by atoms with Crippen LogP contribution in [0, 0.1) is 6.92 Å². The Balaban J connectivity index is 1.95. The van der Waals surface area contributed by atoms with E-state index in [1.54, 1.807) is 0 Å². The first-order chi connectivity index (χ1) is 8.68. The van der Waals surface area contributed by atoms with E-state index in [-0.39, 0.29) is 18.1 Å². The van der Waals surface area contributed by atoms with Gasteiger partial charge in [-0.1, -0.05) is 17.7 Å². The molecule has 3 nitrogen and oxygen atoms in total. The minimum Gasteiger partial charge on any atom is -0.295 e. The highest BCUT2D eigenvalue weighted by Crippen LogP contribution is 2.33. The number of aryl methyl sites for hydroxylation is 1. The van der Waals surface area contributed by atoms with Gasteiger partial charge in [0.1, 0.15) is 0 Å².